The van der Waals surface area contributed by atoms with Crippen molar-refractivity contribution in [3.8, 4) is 5.75 Å². The van der Waals surface area contributed by atoms with Crippen LogP contribution in [0.25, 0.3) is 9.67 Å². The Kier molecular flexibility index (Phi) is 10.9. The van der Waals surface area contributed by atoms with E-state index in [0.717, 1.165) is 5.75 Å². The van der Waals surface area contributed by atoms with Crippen molar-refractivity contribution < 1.29 is 4.74 Å². The first-order chi connectivity index (χ1) is 14.2. The molecule has 0 atom stereocenters. The first-order valence-corrected chi connectivity index (χ1v) is 19.1. The topological polar surface area (TPSA) is 9.23 Å². The van der Waals surface area contributed by atoms with E-state index in [2.05, 4.69) is 81.4 Å². The van der Waals surface area contributed by atoms with Crippen LogP contribution in [0, 0.1) is 0 Å². The first-order valence-electron chi connectivity index (χ1n) is 11.6. The number of hydrogen-bond acceptors (Lipinski definition) is 1. The number of ether oxygens (including phenoxy) is 1. The fraction of sp³-hybridized carbons (Fsp3) is 0.481. The summed E-state index contributed by atoms with van der Waals surface area (Å²) in [6.45, 7) is 7.06. The molecule has 0 aliphatic heterocycles. The molecular weight excluding hydrogens is 459 g/mol. The predicted molar refractivity (Wildman–Crippen MR) is 132 cm³/mol. The van der Waals surface area contributed by atoms with Gasteiger partial charge in [0.25, 0.3) is 0 Å². The number of benzene rings is 2. The maximum absolute atomic E-state index is 5.38. The Morgan fingerprint density at radius 2 is 1.28 bits per heavy atom. The molecule has 1 nitrogen and oxygen atoms in total. The van der Waals surface area contributed by atoms with Crippen molar-refractivity contribution >= 4 is 28.0 Å². The van der Waals surface area contributed by atoms with E-state index in [0.29, 0.717) is 0 Å². The van der Waals surface area contributed by atoms with Crippen LogP contribution in [-0.2, 0) is 0 Å². The van der Waals surface area contributed by atoms with Crippen LogP contribution in [0.3, 0.4) is 0 Å². The van der Waals surface area contributed by atoms with Gasteiger partial charge in [0.2, 0.25) is 0 Å². The Morgan fingerprint density at radius 1 is 0.759 bits per heavy atom. The standard InChI is InChI=1S/C15H13O.3C4H9.Sn/c1-16-15-11-9-14(10-12-15)8-7-13-5-3-2-4-6-13;3*1-3-4-2;/h2-6,8-12H,1H3;3*1,3-4H2,2H3;. The van der Waals surface area contributed by atoms with Gasteiger partial charge in [0.1, 0.15) is 0 Å². The molecule has 0 heterocycles. The average Bonchev–Trinajstić information content (AvgIpc) is 2.78. The second-order valence-corrected chi connectivity index (χ2v) is 21.4. The van der Waals surface area contributed by atoms with Gasteiger partial charge < -0.3 is 0 Å². The van der Waals surface area contributed by atoms with Crippen molar-refractivity contribution in [2.45, 2.75) is 72.6 Å². The van der Waals surface area contributed by atoms with Gasteiger partial charge in [-0.1, -0.05) is 0 Å². The second-order valence-electron chi connectivity index (χ2n) is 8.29. The molecule has 158 valence electrons. The van der Waals surface area contributed by atoms with E-state index < -0.39 is 18.4 Å². The van der Waals surface area contributed by atoms with E-state index in [1.165, 1.54) is 63.0 Å². The third kappa shape index (κ3) is 7.20. The SMILES string of the molecule is CCC[CH2][Sn]([CH2]CCC)([CH2]CCC)/[C](=C/c1ccc(OC)cc1)c1ccccc1. The molecule has 0 fully saturated rings. The van der Waals surface area contributed by atoms with E-state index in [9.17, 15) is 0 Å². The summed E-state index contributed by atoms with van der Waals surface area (Å²) in [7, 11) is 1.74. The molecule has 0 aliphatic rings. The van der Waals surface area contributed by atoms with Gasteiger partial charge in [-0.3, -0.25) is 0 Å². The van der Waals surface area contributed by atoms with E-state index in [1.807, 2.05) is 0 Å². The van der Waals surface area contributed by atoms with Crippen molar-refractivity contribution in [1.29, 1.82) is 0 Å². The molecule has 2 rings (SSSR count). The summed E-state index contributed by atoms with van der Waals surface area (Å²) in [6.07, 6.45) is 10.6. The zero-order valence-corrected chi connectivity index (χ0v) is 21.9. The Bertz CT molecular complexity index is 696. The third-order valence-electron chi connectivity index (χ3n) is 6.11. The maximum atomic E-state index is 5.38. The molecule has 0 radical (unpaired) electrons. The first kappa shape index (κ1) is 24.1. The van der Waals surface area contributed by atoms with Crippen LogP contribution in [-0.4, -0.2) is 25.5 Å². The van der Waals surface area contributed by atoms with Crippen LogP contribution >= 0.6 is 0 Å². The fourth-order valence-electron chi connectivity index (χ4n) is 4.35. The van der Waals surface area contributed by atoms with Crippen LogP contribution in [0.15, 0.2) is 54.6 Å². The van der Waals surface area contributed by atoms with Crippen molar-refractivity contribution in [3.05, 3.63) is 65.7 Å². The van der Waals surface area contributed by atoms with Crippen molar-refractivity contribution in [2.24, 2.45) is 0 Å². The summed E-state index contributed by atoms with van der Waals surface area (Å²) in [5.74, 6) is 0.932. The number of rotatable bonds is 13. The van der Waals surface area contributed by atoms with Gasteiger partial charge in [0.15, 0.2) is 0 Å². The molecule has 2 heteroatoms. The Morgan fingerprint density at radius 3 is 1.72 bits per heavy atom. The zero-order valence-electron chi connectivity index (χ0n) is 19.0. The van der Waals surface area contributed by atoms with E-state index >= 15 is 0 Å². The molecule has 0 bridgehead atoms. The average molecular weight is 499 g/mol. The molecule has 0 unspecified atom stereocenters. The van der Waals surface area contributed by atoms with Gasteiger partial charge in [0, 0.05) is 0 Å². The monoisotopic (exact) mass is 500 g/mol. The number of methoxy groups -OCH3 is 1. The quantitative estimate of drug-likeness (QED) is 0.198. The second kappa shape index (κ2) is 13.2. The summed E-state index contributed by atoms with van der Waals surface area (Å²) < 4.78 is 11.6. The Balaban J connectivity index is 2.58. The van der Waals surface area contributed by atoms with Crippen LogP contribution in [0.4, 0.5) is 0 Å². The van der Waals surface area contributed by atoms with Crippen molar-refractivity contribution in [2.75, 3.05) is 7.11 Å². The molecule has 0 aliphatic carbocycles. The molecular formula is C27H40OSn. The minimum atomic E-state index is -2.55. The molecule has 0 spiro atoms. The van der Waals surface area contributed by atoms with E-state index in [4.69, 9.17) is 4.74 Å². The zero-order chi connectivity index (χ0) is 21.0. The van der Waals surface area contributed by atoms with Crippen LogP contribution in [0.5, 0.6) is 5.75 Å². The van der Waals surface area contributed by atoms with Crippen molar-refractivity contribution in [3.63, 3.8) is 0 Å². The van der Waals surface area contributed by atoms with Crippen molar-refractivity contribution in [1.82, 2.24) is 0 Å². The van der Waals surface area contributed by atoms with Crippen LogP contribution in [0.1, 0.15) is 70.4 Å². The number of hydrogen-bond donors (Lipinski definition) is 0. The van der Waals surface area contributed by atoms with Crippen LogP contribution in [0.2, 0.25) is 13.3 Å². The van der Waals surface area contributed by atoms with Gasteiger partial charge in [-0.15, -0.1) is 0 Å². The van der Waals surface area contributed by atoms with E-state index in [1.54, 1.807) is 10.7 Å². The summed E-state index contributed by atoms with van der Waals surface area (Å²) in [6, 6.07) is 19.9. The summed E-state index contributed by atoms with van der Waals surface area (Å²) in [4.78, 5) is 0. The van der Waals surface area contributed by atoms with Gasteiger partial charge in [0.05, 0.1) is 0 Å². The summed E-state index contributed by atoms with van der Waals surface area (Å²) >= 11 is -2.55. The van der Waals surface area contributed by atoms with Gasteiger partial charge >= 0.3 is 184 Å². The molecule has 2 aromatic carbocycles. The predicted octanol–water partition coefficient (Wildman–Crippen LogP) is 8.62. The normalized spacial score (nSPS) is 12.2. The molecule has 0 N–H and O–H groups in total. The van der Waals surface area contributed by atoms with E-state index in [-0.39, 0.29) is 0 Å². The third-order valence-corrected chi connectivity index (χ3v) is 21.8. The molecule has 0 saturated carbocycles. The summed E-state index contributed by atoms with van der Waals surface area (Å²) in [5, 5.41) is 0. The molecule has 0 aromatic heterocycles. The van der Waals surface area contributed by atoms with Gasteiger partial charge in [-0.05, 0) is 0 Å². The van der Waals surface area contributed by atoms with Gasteiger partial charge in [-0.25, -0.2) is 0 Å². The Labute approximate surface area is 183 Å². The summed E-state index contributed by atoms with van der Waals surface area (Å²) in [5.41, 5.74) is 2.79. The van der Waals surface area contributed by atoms with Crippen LogP contribution < -0.4 is 4.74 Å². The minimum absolute atomic E-state index is 0.932. The number of unbranched alkanes of at least 4 members (excludes halogenated alkanes) is 3. The molecule has 2 aromatic rings. The molecule has 0 amide bonds. The fourth-order valence-corrected chi connectivity index (χ4v) is 21.2. The Hall–Kier alpha value is -1.22. The van der Waals surface area contributed by atoms with Gasteiger partial charge in [-0.2, -0.15) is 0 Å². The molecule has 29 heavy (non-hydrogen) atoms. The molecule has 0 saturated heterocycles.